The number of carbonyl (C=O) groups is 3. The van der Waals surface area contributed by atoms with Crippen LogP contribution in [0.4, 0.5) is 18.0 Å². The van der Waals surface area contributed by atoms with Gasteiger partial charge in [0, 0.05) is 36.7 Å². The number of allylic oxidation sites excluding steroid dienone is 3. The van der Waals surface area contributed by atoms with Gasteiger partial charge >= 0.3 is 12.2 Å². The highest BCUT2D eigenvalue weighted by atomic mass is 19.4. The van der Waals surface area contributed by atoms with Gasteiger partial charge in [-0.15, -0.1) is 4.99 Å². The van der Waals surface area contributed by atoms with Gasteiger partial charge in [-0.3, -0.25) is 9.59 Å². The van der Waals surface area contributed by atoms with Crippen molar-refractivity contribution in [3.8, 4) is 0 Å². The second kappa shape index (κ2) is 15.3. The van der Waals surface area contributed by atoms with Crippen molar-refractivity contribution in [2.45, 2.75) is 76.5 Å². The van der Waals surface area contributed by atoms with Crippen LogP contribution < -0.4 is 5.73 Å². The van der Waals surface area contributed by atoms with E-state index >= 15 is 0 Å². The zero-order valence-corrected chi connectivity index (χ0v) is 25.1. The Morgan fingerprint density at radius 1 is 1.25 bits per heavy atom. The van der Waals surface area contributed by atoms with Gasteiger partial charge in [0.25, 0.3) is 0 Å². The third-order valence-electron chi connectivity index (χ3n) is 8.30. The van der Waals surface area contributed by atoms with Crippen LogP contribution in [0.1, 0.15) is 61.4 Å². The lowest BCUT2D eigenvalue weighted by molar-refractivity contribution is -0.835. The fraction of sp³-hybridized carbons (Fsp3) is 0.500. The van der Waals surface area contributed by atoms with E-state index in [2.05, 4.69) is 4.99 Å². The number of amides is 2. The molecule has 1 aromatic rings. The van der Waals surface area contributed by atoms with Gasteiger partial charge in [0.2, 0.25) is 6.23 Å². The van der Waals surface area contributed by atoms with Gasteiger partial charge in [-0.05, 0) is 49.8 Å². The number of aldehydes is 1. The number of nitrogens with two attached hydrogens (primary N) is 1. The summed E-state index contributed by atoms with van der Waals surface area (Å²) >= 11 is 0. The van der Waals surface area contributed by atoms with Crippen LogP contribution in [-0.2, 0) is 25.5 Å². The first-order chi connectivity index (χ1) is 20.8. The van der Waals surface area contributed by atoms with Gasteiger partial charge in [0.05, 0.1) is 13.2 Å². The molecule has 44 heavy (non-hydrogen) atoms. The van der Waals surface area contributed by atoms with Crippen LogP contribution in [0.15, 0.2) is 59.3 Å². The van der Waals surface area contributed by atoms with Crippen molar-refractivity contribution in [2.24, 2.45) is 22.6 Å². The standard InChI is InChI=1S/C21H27N3O5.C11H11F3O/c1-24(9-8-18(22)23-21(24)27)20-19(28-2)16(11-15(13-26)7-4-10-25)17(29-20)12-14-5-3-6-14;1-8(15)10-4-2-9(3-5-10)6-7-11(12,13)14/h4,7-10,14,16-17,19-20H,3,5-6,11-12H2,1-2H3,(H-,22,23,27);2-5H,6-7H2,1H3/p+1/b7-4-;. The molecular weight excluding hydrogens is 579 g/mol. The molecule has 0 radical (unpaired) electrons. The Hall–Kier alpha value is -3.70. The molecule has 1 saturated heterocycles. The summed E-state index contributed by atoms with van der Waals surface area (Å²) in [5.74, 6) is 2.40. The highest BCUT2D eigenvalue weighted by Crippen LogP contribution is 2.43. The van der Waals surface area contributed by atoms with Gasteiger partial charge in [0.1, 0.15) is 30.4 Å². The minimum atomic E-state index is -4.13. The van der Waals surface area contributed by atoms with Gasteiger partial charge in [0.15, 0.2) is 5.78 Å². The minimum absolute atomic E-state index is 0.0400. The first-order valence-electron chi connectivity index (χ1n) is 14.5. The quantitative estimate of drug-likeness (QED) is 0.0895. The number of quaternary nitrogens is 1. The number of hydrogen-bond donors (Lipinski definition) is 1. The summed E-state index contributed by atoms with van der Waals surface area (Å²) in [7, 11) is 3.30. The lowest BCUT2D eigenvalue weighted by Gasteiger charge is -2.35. The zero-order chi connectivity index (χ0) is 32.5. The lowest BCUT2D eigenvalue weighted by atomic mass is 9.77. The number of rotatable bonds is 11. The molecular formula is C32H39F3N3O6+. The van der Waals surface area contributed by atoms with E-state index in [1.807, 2.05) is 5.94 Å². The van der Waals surface area contributed by atoms with Crippen molar-refractivity contribution in [3.05, 3.63) is 65.4 Å². The van der Waals surface area contributed by atoms with E-state index in [1.54, 1.807) is 50.7 Å². The Balaban J connectivity index is 0.000000297. The fourth-order valence-corrected chi connectivity index (χ4v) is 5.53. The van der Waals surface area contributed by atoms with E-state index in [9.17, 15) is 32.3 Å². The number of aryl methyl sites for hydroxylation is 1. The first-order valence-corrected chi connectivity index (χ1v) is 14.5. The monoisotopic (exact) mass is 618 g/mol. The summed E-state index contributed by atoms with van der Waals surface area (Å²) in [5, 5.41) is 0. The minimum Gasteiger partial charge on any atom is -0.383 e. The third-order valence-corrected chi connectivity index (χ3v) is 8.30. The Labute approximate surface area is 254 Å². The van der Waals surface area contributed by atoms with E-state index in [-0.39, 0.29) is 34.5 Å². The number of halogens is 3. The number of carbonyl (C=O) groups excluding carboxylic acids is 4. The molecule has 0 spiro atoms. The van der Waals surface area contributed by atoms with Crippen molar-refractivity contribution in [1.29, 1.82) is 0 Å². The highest BCUT2D eigenvalue weighted by Gasteiger charge is 2.57. The molecule has 1 aliphatic carbocycles. The number of Topliss-reactive ketones (excluding diaryl/α,β-unsaturated/α-hetero) is 1. The molecule has 5 unspecified atom stereocenters. The number of likely N-dealkylation sites (N-methyl/N-ethyl adjacent to an activating group) is 1. The summed E-state index contributed by atoms with van der Waals surface area (Å²) in [6.07, 6.45) is 5.12. The number of methoxy groups -OCH3 is 1. The number of urea groups is 1. The van der Waals surface area contributed by atoms with Crippen molar-refractivity contribution in [3.63, 3.8) is 0 Å². The van der Waals surface area contributed by atoms with Crippen molar-refractivity contribution in [1.82, 2.24) is 0 Å². The van der Waals surface area contributed by atoms with Gasteiger partial charge in [-0.25, -0.2) is 9.59 Å². The average Bonchev–Trinajstić information content (AvgIpc) is 3.31. The highest BCUT2D eigenvalue weighted by molar-refractivity contribution is 5.99. The number of benzene rings is 1. The normalized spacial score (nSPS) is 26.8. The van der Waals surface area contributed by atoms with Crippen LogP contribution in [0.2, 0.25) is 0 Å². The van der Waals surface area contributed by atoms with Crippen molar-refractivity contribution in [2.75, 3.05) is 14.2 Å². The summed E-state index contributed by atoms with van der Waals surface area (Å²) in [6, 6.07) is 5.79. The molecule has 2 aliphatic heterocycles. The van der Waals surface area contributed by atoms with Gasteiger partial charge in [-0.1, -0.05) is 43.5 Å². The summed E-state index contributed by atoms with van der Waals surface area (Å²) in [6.45, 7) is 1.42. The van der Waals surface area contributed by atoms with Crippen molar-refractivity contribution >= 4 is 29.9 Å². The number of nitrogens with zero attached hydrogens (tertiary/aromatic N) is 2. The number of aliphatic imine (C=N–C) groups is 1. The average molecular weight is 619 g/mol. The maximum Gasteiger partial charge on any atom is 0.451 e. The maximum absolute atomic E-state index is 12.7. The molecule has 12 heteroatoms. The van der Waals surface area contributed by atoms with E-state index in [0.29, 0.717) is 35.3 Å². The number of alkyl halides is 3. The molecule has 1 aromatic carbocycles. The molecule has 1 saturated carbocycles. The van der Waals surface area contributed by atoms with E-state index < -0.39 is 31.0 Å². The van der Waals surface area contributed by atoms with Crippen LogP contribution in [0, 0.1) is 11.8 Å². The fourth-order valence-electron chi connectivity index (χ4n) is 5.53. The smallest absolute Gasteiger partial charge is 0.383 e. The SMILES string of the molecule is CC(=O)c1ccc(CCC(F)(F)F)cc1.COC1C(CC(=C=O)/C=C\C=O)C(CC2CCC2)OC1[N+]1(C)C=CC(N)=NC1=O. The predicted octanol–water partition coefficient (Wildman–Crippen LogP) is 5.27. The Bertz CT molecular complexity index is 1330. The maximum atomic E-state index is 12.7. The third kappa shape index (κ3) is 9.15. The predicted molar refractivity (Wildman–Crippen MR) is 157 cm³/mol. The van der Waals surface area contributed by atoms with Crippen LogP contribution >= 0.6 is 0 Å². The molecule has 0 aromatic heterocycles. The lowest BCUT2D eigenvalue weighted by Crippen LogP contribution is -2.57. The molecule has 5 atom stereocenters. The Morgan fingerprint density at radius 2 is 1.93 bits per heavy atom. The second-order valence-electron chi connectivity index (χ2n) is 11.4. The Kier molecular flexibility index (Phi) is 12.1. The molecule has 2 amide bonds. The van der Waals surface area contributed by atoms with Crippen LogP contribution in [0.3, 0.4) is 0 Å². The number of ketones is 1. The summed E-state index contributed by atoms with van der Waals surface area (Å²) < 4.78 is 47.7. The first kappa shape index (κ1) is 34.8. The summed E-state index contributed by atoms with van der Waals surface area (Å²) in [5.41, 5.74) is 7.15. The van der Waals surface area contributed by atoms with Crippen LogP contribution in [0.25, 0.3) is 0 Å². The van der Waals surface area contributed by atoms with Gasteiger partial charge in [-0.2, -0.15) is 17.7 Å². The molecule has 238 valence electrons. The zero-order valence-electron chi connectivity index (χ0n) is 25.1. The molecule has 2 fully saturated rings. The molecule has 0 bridgehead atoms. The molecule has 3 aliphatic rings. The molecule has 2 heterocycles. The van der Waals surface area contributed by atoms with E-state index in [4.69, 9.17) is 15.2 Å². The second-order valence-corrected chi connectivity index (χ2v) is 11.4. The summed E-state index contributed by atoms with van der Waals surface area (Å²) in [4.78, 5) is 49.6. The largest absolute Gasteiger partial charge is 0.451 e. The number of amidine groups is 1. The Morgan fingerprint density at radius 3 is 2.43 bits per heavy atom. The molecule has 2 N–H and O–H groups in total. The van der Waals surface area contributed by atoms with Crippen LogP contribution in [0.5, 0.6) is 0 Å². The topological polar surface area (TPSA) is 125 Å². The van der Waals surface area contributed by atoms with Crippen molar-refractivity contribution < 1.29 is 46.3 Å². The molecule has 9 nitrogen and oxygen atoms in total. The number of ether oxygens (including phenoxy) is 2. The van der Waals surface area contributed by atoms with Crippen LogP contribution in [-0.4, -0.2) is 73.1 Å². The number of hydrogen-bond acceptors (Lipinski definition) is 7. The van der Waals surface area contributed by atoms with Gasteiger partial charge < -0.3 is 15.2 Å². The molecule has 4 rings (SSSR count). The van der Waals surface area contributed by atoms with E-state index in [1.165, 1.54) is 25.5 Å². The van der Waals surface area contributed by atoms with E-state index in [0.717, 1.165) is 19.3 Å².